The fourth-order valence-corrected chi connectivity index (χ4v) is 2.75. The number of hydrogen-bond acceptors (Lipinski definition) is 3. The number of rotatable bonds is 9. The Balaban J connectivity index is 2.11. The van der Waals surface area contributed by atoms with Gasteiger partial charge in [0.15, 0.2) is 0 Å². The van der Waals surface area contributed by atoms with Crippen molar-refractivity contribution in [1.82, 2.24) is 4.90 Å². The number of unbranched alkanes of at least 4 members (excludes halogenated alkanes) is 3. The molecule has 0 aliphatic heterocycles. The average Bonchev–Trinajstić information content (AvgIpc) is 2.81. The smallest absolute Gasteiger partial charge is 0.0431 e. The molecule has 17 heavy (non-hydrogen) atoms. The van der Waals surface area contributed by atoms with Gasteiger partial charge in [0.1, 0.15) is 0 Å². The average molecular weight is 255 g/mol. The third-order valence-electron chi connectivity index (χ3n) is 3.25. The van der Waals surface area contributed by atoms with E-state index in [0.717, 1.165) is 25.8 Å². The van der Waals surface area contributed by atoms with E-state index in [0.29, 0.717) is 12.6 Å². The zero-order valence-electron chi connectivity index (χ0n) is 11.1. The van der Waals surface area contributed by atoms with Crippen LogP contribution in [0, 0.1) is 0 Å². The summed E-state index contributed by atoms with van der Waals surface area (Å²) in [5.74, 6) is 0. The van der Waals surface area contributed by atoms with Gasteiger partial charge in [-0.3, -0.25) is 0 Å². The maximum atomic E-state index is 8.70. The maximum Gasteiger partial charge on any atom is 0.0431 e. The van der Waals surface area contributed by atoms with Crippen molar-refractivity contribution < 1.29 is 5.11 Å². The van der Waals surface area contributed by atoms with Crippen molar-refractivity contribution in [3.8, 4) is 0 Å². The Morgan fingerprint density at radius 1 is 1.29 bits per heavy atom. The number of thiophene rings is 1. The first kappa shape index (κ1) is 14.7. The molecule has 1 rings (SSSR count). The molecule has 2 nitrogen and oxygen atoms in total. The molecule has 0 aliphatic carbocycles. The SMILES string of the molecule is CC(Cc1cccs1)N(C)CCCCCCO. The second-order valence-corrected chi connectivity index (χ2v) is 5.78. The summed E-state index contributed by atoms with van der Waals surface area (Å²) in [5, 5.41) is 10.8. The van der Waals surface area contributed by atoms with Gasteiger partial charge in [0.2, 0.25) is 0 Å². The van der Waals surface area contributed by atoms with Crippen LogP contribution in [0.15, 0.2) is 17.5 Å². The quantitative estimate of drug-likeness (QED) is 0.685. The molecule has 1 N–H and O–H groups in total. The van der Waals surface area contributed by atoms with Crippen molar-refractivity contribution in [3.63, 3.8) is 0 Å². The minimum atomic E-state index is 0.338. The van der Waals surface area contributed by atoms with Crippen LogP contribution < -0.4 is 0 Å². The molecule has 0 radical (unpaired) electrons. The van der Waals surface area contributed by atoms with Gasteiger partial charge in [-0.1, -0.05) is 18.9 Å². The van der Waals surface area contributed by atoms with Gasteiger partial charge in [-0.15, -0.1) is 11.3 Å². The summed E-state index contributed by atoms with van der Waals surface area (Å²) < 4.78 is 0. The van der Waals surface area contributed by atoms with E-state index in [1.54, 1.807) is 0 Å². The third-order valence-corrected chi connectivity index (χ3v) is 4.15. The number of aliphatic hydroxyl groups is 1. The highest BCUT2D eigenvalue weighted by atomic mass is 32.1. The van der Waals surface area contributed by atoms with E-state index < -0.39 is 0 Å². The number of hydrogen-bond donors (Lipinski definition) is 1. The van der Waals surface area contributed by atoms with Crippen LogP contribution in [0.1, 0.15) is 37.5 Å². The summed E-state index contributed by atoms with van der Waals surface area (Å²) in [6.45, 7) is 3.80. The Labute approximate surface area is 109 Å². The fraction of sp³-hybridized carbons (Fsp3) is 0.714. The monoisotopic (exact) mass is 255 g/mol. The van der Waals surface area contributed by atoms with Gasteiger partial charge in [-0.2, -0.15) is 0 Å². The number of nitrogens with zero attached hydrogens (tertiary/aromatic N) is 1. The first-order chi connectivity index (χ1) is 8.24. The predicted octanol–water partition coefficient (Wildman–Crippen LogP) is 3.16. The normalized spacial score (nSPS) is 13.2. The van der Waals surface area contributed by atoms with Crippen molar-refractivity contribution in [2.45, 2.75) is 45.1 Å². The second-order valence-electron chi connectivity index (χ2n) is 4.75. The minimum Gasteiger partial charge on any atom is -0.396 e. The van der Waals surface area contributed by atoms with E-state index >= 15 is 0 Å². The van der Waals surface area contributed by atoms with Crippen LogP contribution in [-0.4, -0.2) is 36.2 Å². The Bertz CT molecular complexity index is 274. The summed E-state index contributed by atoms with van der Waals surface area (Å²) in [4.78, 5) is 3.92. The standard InChI is InChI=1S/C14H25NOS/c1-13(12-14-8-7-11-17-14)15(2)9-5-3-4-6-10-16/h7-8,11,13,16H,3-6,9-10,12H2,1-2H3. The molecule has 0 aliphatic rings. The van der Waals surface area contributed by atoms with Crippen LogP contribution in [0.2, 0.25) is 0 Å². The van der Waals surface area contributed by atoms with Crippen LogP contribution in [0.5, 0.6) is 0 Å². The summed E-state index contributed by atoms with van der Waals surface area (Å²) in [6.07, 6.45) is 5.74. The lowest BCUT2D eigenvalue weighted by Crippen LogP contribution is -2.31. The largest absolute Gasteiger partial charge is 0.396 e. The van der Waals surface area contributed by atoms with Gasteiger partial charge in [-0.05, 0) is 51.2 Å². The molecule has 0 saturated carbocycles. The summed E-state index contributed by atoms with van der Waals surface area (Å²) in [5.41, 5.74) is 0. The predicted molar refractivity (Wildman–Crippen MR) is 75.7 cm³/mol. The van der Waals surface area contributed by atoms with Crippen molar-refractivity contribution >= 4 is 11.3 Å². The minimum absolute atomic E-state index is 0.338. The molecule has 0 amide bonds. The highest BCUT2D eigenvalue weighted by molar-refractivity contribution is 7.09. The van der Waals surface area contributed by atoms with E-state index in [9.17, 15) is 0 Å². The summed E-state index contributed by atoms with van der Waals surface area (Å²) in [7, 11) is 2.21. The lowest BCUT2D eigenvalue weighted by atomic mass is 10.1. The van der Waals surface area contributed by atoms with E-state index in [-0.39, 0.29) is 0 Å². The topological polar surface area (TPSA) is 23.5 Å². The highest BCUT2D eigenvalue weighted by Gasteiger charge is 2.09. The summed E-state index contributed by atoms with van der Waals surface area (Å²) >= 11 is 1.85. The molecule has 0 saturated heterocycles. The van der Waals surface area contributed by atoms with Gasteiger partial charge in [0.05, 0.1) is 0 Å². The van der Waals surface area contributed by atoms with Crippen LogP contribution in [0.4, 0.5) is 0 Å². The van der Waals surface area contributed by atoms with Crippen LogP contribution >= 0.6 is 11.3 Å². The third kappa shape index (κ3) is 6.20. The van der Waals surface area contributed by atoms with Crippen molar-refractivity contribution in [2.75, 3.05) is 20.2 Å². The highest BCUT2D eigenvalue weighted by Crippen LogP contribution is 2.14. The number of likely N-dealkylation sites (N-methyl/N-ethyl adjacent to an activating group) is 1. The number of aliphatic hydroxyl groups excluding tert-OH is 1. The van der Waals surface area contributed by atoms with Gasteiger partial charge in [0.25, 0.3) is 0 Å². The Kier molecular flexibility index (Phi) is 7.49. The molecule has 0 aromatic carbocycles. The van der Waals surface area contributed by atoms with E-state index in [4.69, 9.17) is 5.11 Å². The van der Waals surface area contributed by atoms with Crippen molar-refractivity contribution in [1.29, 1.82) is 0 Å². The van der Waals surface area contributed by atoms with E-state index in [1.165, 1.54) is 17.7 Å². The molecule has 1 aromatic rings. The Hall–Kier alpha value is -0.380. The van der Waals surface area contributed by atoms with Crippen LogP contribution in [-0.2, 0) is 6.42 Å². The van der Waals surface area contributed by atoms with Gasteiger partial charge >= 0.3 is 0 Å². The lowest BCUT2D eigenvalue weighted by molar-refractivity contribution is 0.247. The molecule has 1 unspecified atom stereocenters. The lowest BCUT2D eigenvalue weighted by Gasteiger charge is -2.24. The zero-order chi connectivity index (χ0) is 12.5. The molecule has 98 valence electrons. The van der Waals surface area contributed by atoms with Crippen molar-refractivity contribution in [2.24, 2.45) is 0 Å². The molecular weight excluding hydrogens is 230 g/mol. The molecule has 0 bridgehead atoms. The maximum absolute atomic E-state index is 8.70. The zero-order valence-corrected chi connectivity index (χ0v) is 11.9. The molecule has 1 aromatic heterocycles. The molecule has 1 heterocycles. The first-order valence-electron chi connectivity index (χ1n) is 6.57. The van der Waals surface area contributed by atoms with Gasteiger partial charge in [0, 0.05) is 17.5 Å². The van der Waals surface area contributed by atoms with E-state index in [2.05, 4.69) is 36.4 Å². The molecule has 0 spiro atoms. The second kappa shape index (κ2) is 8.67. The fourth-order valence-electron chi connectivity index (χ4n) is 1.92. The summed E-state index contributed by atoms with van der Waals surface area (Å²) in [6, 6.07) is 4.96. The van der Waals surface area contributed by atoms with Gasteiger partial charge in [-0.25, -0.2) is 0 Å². The molecular formula is C14H25NOS. The Morgan fingerprint density at radius 3 is 2.71 bits per heavy atom. The van der Waals surface area contributed by atoms with Crippen molar-refractivity contribution in [3.05, 3.63) is 22.4 Å². The molecule has 1 atom stereocenters. The van der Waals surface area contributed by atoms with Gasteiger partial charge < -0.3 is 10.0 Å². The molecule has 0 fully saturated rings. The first-order valence-corrected chi connectivity index (χ1v) is 7.45. The van der Waals surface area contributed by atoms with E-state index in [1.807, 2.05) is 11.3 Å². The Morgan fingerprint density at radius 2 is 2.06 bits per heavy atom. The van der Waals surface area contributed by atoms with Crippen LogP contribution in [0.3, 0.4) is 0 Å². The molecule has 3 heteroatoms. The van der Waals surface area contributed by atoms with Crippen LogP contribution in [0.25, 0.3) is 0 Å².